The van der Waals surface area contributed by atoms with E-state index in [2.05, 4.69) is 6.92 Å². The number of ketones is 2. The van der Waals surface area contributed by atoms with Crippen LogP contribution in [0.4, 0.5) is 14.9 Å². The third-order valence-electron chi connectivity index (χ3n) is 14.6. The average molecular weight is 818 g/mol. The molecule has 1 saturated heterocycles. The topological polar surface area (TPSA) is 165 Å². The molecule has 1 amide bonds. The normalized spacial score (nSPS) is 32.9. The number of aromatic nitrogens is 1. The lowest BCUT2D eigenvalue weighted by molar-refractivity contribution is -0.178. The van der Waals surface area contributed by atoms with Gasteiger partial charge in [0.25, 0.3) is 0 Å². The Bertz CT molecular complexity index is 2260. The van der Waals surface area contributed by atoms with Crippen molar-refractivity contribution in [2.75, 3.05) is 38.3 Å². The number of hydrogen-bond acceptors (Lipinski definition) is 11. The molecule has 8 atom stereocenters. The van der Waals surface area contributed by atoms with Gasteiger partial charge in [-0.25, -0.2) is 14.0 Å². The summed E-state index contributed by atoms with van der Waals surface area (Å²) in [7, 11) is 1.40. The van der Waals surface area contributed by atoms with Gasteiger partial charge in [0.15, 0.2) is 24.0 Å². The predicted molar refractivity (Wildman–Crippen MR) is 216 cm³/mol. The van der Waals surface area contributed by atoms with Gasteiger partial charge in [-0.2, -0.15) is 0 Å². The number of hydrogen-bond donors (Lipinski definition) is 2. The molecule has 59 heavy (non-hydrogen) atoms. The highest BCUT2D eigenvalue weighted by molar-refractivity contribution is 6.01. The number of carbonyl (C=O) groups excluding carboxylic acids is 4. The molecule has 1 aromatic heterocycles. The number of nitrogens with zero attached hydrogens (tertiary/aromatic N) is 3. The molecule has 0 spiro atoms. The molecule has 2 aromatic rings. The van der Waals surface area contributed by atoms with E-state index in [1.807, 2.05) is 19.9 Å². The maximum atomic E-state index is 16.3. The molecule has 0 radical (unpaired) electrons. The van der Waals surface area contributed by atoms with Crippen LogP contribution in [0, 0.1) is 34.4 Å². The van der Waals surface area contributed by atoms with Crippen molar-refractivity contribution in [3.63, 3.8) is 0 Å². The number of halogens is 1. The number of pyridine rings is 1. The SMILES string of the molecule is COc1c(N2CCN(C(=O)OC(C)(C)C)C(C)C2)c(F)cc2c(=O)c(C(=O)OCC(=O)[C@@]3(O)CCC4C5CCC6=CC(=O)C=C[C@]6(C)C5[C@@H](O)C[C@@]43C)cn(C3CC3)c12. The minimum Gasteiger partial charge on any atom is -0.492 e. The van der Waals surface area contributed by atoms with Crippen LogP contribution in [0.5, 0.6) is 5.75 Å². The average Bonchev–Trinajstić information content (AvgIpc) is 3.97. The largest absolute Gasteiger partial charge is 0.492 e. The number of esters is 1. The molecule has 5 aliphatic carbocycles. The van der Waals surface area contributed by atoms with E-state index in [1.54, 1.807) is 47.3 Å². The minimum absolute atomic E-state index is 0.00485. The van der Waals surface area contributed by atoms with E-state index >= 15 is 4.39 Å². The molecule has 318 valence electrons. The highest BCUT2D eigenvalue weighted by atomic mass is 19.1. The molecule has 0 bridgehead atoms. The fraction of sp³-hybridized carbons (Fsp3) is 0.622. The van der Waals surface area contributed by atoms with Crippen molar-refractivity contribution in [3.8, 4) is 5.75 Å². The molecular formula is C45H56FN3O10. The highest BCUT2D eigenvalue weighted by Gasteiger charge is 2.68. The number of aliphatic hydroxyl groups is 2. The summed E-state index contributed by atoms with van der Waals surface area (Å²) < 4.78 is 35.0. The third-order valence-corrected chi connectivity index (χ3v) is 14.6. The monoisotopic (exact) mass is 817 g/mol. The Labute approximate surface area is 343 Å². The number of benzene rings is 1. The van der Waals surface area contributed by atoms with E-state index < -0.39 is 63.8 Å². The zero-order valence-corrected chi connectivity index (χ0v) is 35.0. The van der Waals surface area contributed by atoms with Crippen molar-refractivity contribution in [3.05, 3.63) is 57.7 Å². The summed E-state index contributed by atoms with van der Waals surface area (Å²) >= 11 is 0. The molecule has 13 nitrogen and oxygen atoms in total. The fourth-order valence-electron chi connectivity index (χ4n) is 11.6. The van der Waals surface area contributed by atoms with Crippen LogP contribution in [0.25, 0.3) is 10.9 Å². The number of anilines is 1. The Morgan fingerprint density at radius 2 is 1.80 bits per heavy atom. The van der Waals surface area contributed by atoms with Crippen molar-refractivity contribution in [1.29, 1.82) is 0 Å². The zero-order valence-electron chi connectivity index (χ0n) is 35.0. The van der Waals surface area contributed by atoms with Crippen molar-refractivity contribution in [2.24, 2.45) is 28.6 Å². The van der Waals surface area contributed by atoms with E-state index in [9.17, 15) is 34.2 Å². The first-order valence-corrected chi connectivity index (χ1v) is 21.0. The molecule has 8 rings (SSSR count). The van der Waals surface area contributed by atoms with E-state index in [4.69, 9.17) is 14.2 Å². The summed E-state index contributed by atoms with van der Waals surface area (Å²) in [6.45, 7) is 11.2. The van der Waals surface area contributed by atoms with Gasteiger partial charge in [-0.1, -0.05) is 25.5 Å². The van der Waals surface area contributed by atoms with Gasteiger partial charge in [-0.15, -0.1) is 0 Å². The second kappa shape index (κ2) is 14.3. The summed E-state index contributed by atoms with van der Waals surface area (Å²) in [4.78, 5) is 70.4. The van der Waals surface area contributed by atoms with Gasteiger partial charge in [0.1, 0.15) is 22.5 Å². The van der Waals surface area contributed by atoms with Gasteiger partial charge in [0.05, 0.1) is 24.1 Å². The number of rotatable bonds is 7. The van der Waals surface area contributed by atoms with Crippen LogP contribution in [0.15, 0.2) is 40.9 Å². The summed E-state index contributed by atoms with van der Waals surface area (Å²) in [6.07, 6.45) is 8.97. The number of aliphatic hydroxyl groups excluding tert-OH is 1. The first-order valence-electron chi connectivity index (χ1n) is 21.0. The molecule has 5 fully saturated rings. The quantitative estimate of drug-likeness (QED) is 0.331. The van der Waals surface area contributed by atoms with Gasteiger partial charge in [-0.05, 0) is 103 Å². The number of amides is 1. The first kappa shape index (κ1) is 41.2. The Balaban J connectivity index is 1.03. The lowest BCUT2D eigenvalue weighted by Crippen LogP contribution is -2.61. The summed E-state index contributed by atoms with van der Waals surface area (Å²) in [5.41, 5.74) is -3.75. The number of Topliss-reactive ketones (excluding diaryl/α,β-unsaturated/α-hetero) is 1. The molecule has 1 aromatic carbocycles. The number of methoxy groups -OCH3 is 1. The molecule has 2 N–H and O–H groups in total. The van der Waals surface area contributed by atoms with Gasteiger partial charge in [0.2, 0.25) is 11.2 Å². The molecule has 14 heteroatoms. The molecule has 6 aliphatic rings. The lowest BCUT2D eigenvalue weighted by Gasteiger charge is -2.59. The van der Waals surface area contributed by atoms with Gasteiger partial charge < -0.3 is 38.8 Å². The summed E-state index contributed by atoms with van der Waals surface area (Å²) in [5.74, 6) is -2.71. The van der Waals surface area contributed by atoms with Crippen LogP contribution in [-0.2, 0) is 19.1 Å². The standard InChI is InChI=1S/C45H56FN3O10/c1-24-21-47(16-17-48(24)41(55)59-42(2,3)4)37-32(46)19-29-36(39(37)57-7)49(26-9-10-26)22-30(38(29)53)40(54)58-23-34(52)45(56)15-13-31-28-11-8-25-18-27(50)12-14-43(25,5)35(28)33(51)20-44(31,45)6/h12,14,18-19,22,24,26,28,31,33,35,51,56H,8-11,13,15-17,20-21,23H2,1-7H3/t24?,28?,31?,33-,35?,43-,44-,45-/m0/s1. The summed E-state index contributed by atoms with van der Waals surface area (Å²) in [5, 5.41) is 23.9. The lowest BCUT2D eigenvalue weighted by atomic mass is 9.46. The van der Waals surface area contributed by atoms with Crippen LogP contribution in [0.1, 0.15) is 103 Å². The zero-order chi connectivity index (χ0) is 42.6. The van der Waals surface area contributed by atoms with Crippen LogP contribution < -0.4 is 15.1 Å². The second-order valence-corrected chi connectivity index (χ2v) is 19.2. The number of allylic oxidation sites excluding steroid dienone is 4. The second-order valence-electron chi connectivity index (χ2n) is 19.2. The van der Waals surface area contributed by atoms with Crippen LogP contribution >= 0.6 is 0 Å². The third kappa shape index (κ3) is 6.59. The van der Waals surface area contributed by atoms with E-state index in [-0.39, 0.29) is 90.5 Å². The fourth-order valence-corrected chi connectivity index (χ4v) is 11.6. The minimum atomic E-state index is -1.89. The van der Waals surface area contributed by atoms with Crippen molar-refractivity contribution in [2.45, 2.75) is 116 Å². The van der Waals surface area contributed by atoms with E-state index in [0.29, 0.717) is 18.4 Å². The maximum absolute atomic E-state index is 16.3. The summed E-state index contributed by atoms with van der Waals surface area (Å²) in [6, 6.07) is 0.677. The Morgan fingerprint density at radius 3 is 2.46 bits per heavy atom. The molecule has 4 unspecified atom stereocenters. The van der Waals surface area contributed by atoms with E-state index in [0.717, 1.165) is 30.9 Å². The molecule has 4 saturated carbocycles. The molecule has 1 aliphatic heterocycles. The number of carbonyl (C=O) groups is 4. The first-order chi connectivity index (χ1) is 27.7. The van der Waals surface area contributed by atoms with Crippen molar-refractivity contribution in [1.82, 2.24) is 9.47 Å². The Kier molecular flexibility index (Phi) is 9.97. The Hall–Kier alpha value is -4.56. The smallest absolute Gasteiger partial charge is 0.410 e. The predicted octanol–water partition coefficient (Wildman–Crippen LogP) is 5.67. The number of fused-ring (bicyclic) bond motifs is 6. The van der Waals surface area contributed by atoms with Crippen molar-refractivity contribution >= 4 is 40.2 Å². The Morgan fingerprint density at radius 1 is 1.07 bits per heavy atom. The van der Waals surface area contributed by atoms with Crippen LogP contribution in [-0.4, -0.2) is 100 Å². The maximum Gasteiger partial charge on any atom is 0.410 e. The van der Waals surface area contributed by atoms with E-state index in [1.165, 1.54) is 13.3 Å². The van der Waals surface area contributed by atoms with Crippen LogP contribution in [0.3, 0.4) is 0 Å². The number of ether oxygens (including phenoxy) is 3. The van der Waals surface area contributed by atoms with Crippen LogP contribution in [0.2, 0.25) is 0 Å². The van der Waals surface area contributed by atoms with Gasteiger partial charge >= 0.3 is 12.1 Å². The highest BCUT2D eigenvalue weighted by Crippen LogP contribution is 2.67. The molecular weight excluding hydrogens is 762 g/mol. The van der Waals surface area contributed by atoms with Gasteiger partial charge in [0, 0.05) is 54.7 Å². The van der Waals surface area contributed by atoms with Crippen molar-refractivity contribution < 1.29 is 48.0 Å². The van der Waals surface area contributed by atoms with Gasteiger partial charge in [-0.3, -0.25) is 14.4 Å². The molecule has 2 heterocycles. The number of piperazine rings is 1.